The second-order valence-electron chi connectivity index (χ2n) is 6.32. The van der Waals surface area contributed by atoms with Crippen molar-refractivity contribution in [1.29, 1.82) is 0 Å². The summed E-state index contributed by atoms with van der Waals surface area (Å²) in [4.78, 5) is 4.32. The average molecular weight is 301 g/mol. The van der Waals surface area contributed by atoms with E-state index in [4.69, 9.17) is 4.74 Å². The number of nitrogens with zero attached hydrogens (tertiary/aromatic N) is 1. The standard InChI is InChI=1S/C18H27N3O/c1-18(2,14-9-11-16(22-4)12-10-14)13-20-17(19-3)21-15-7-5-6-8-15/h5-6,9-12,15H,7-8,13H2,1-4H3,(H2,19,20,21). The molecule has 0 radical (unpaired) electrons. The summed E-state index contributed by atoms with van der Waals surface area (Å²) >= 11 is 0. The number of hydrogen-bond donors (Lipinski definition) is 2. The zero-order valence-electron chi connectivity index (χ0n) is 14.0. The SMILES string of the molecule is CN=C(NCC(C)(C)c1ccc(OC)cc1)NC1CC=CC1. The van der Waals surface area contributed by atoms with Crippen LogP contribution in [0.25, 0.3) is 0 Å². The fourth-order valence-corrected chi connectivity index (χ4v) is 2.57. The Bertz CT molecular complexity index is 524. The van der Waals surface area contributed by atoms with Crippen molar-refractivity contribution >= 4 is 5.96 Å². The molecule has 0 heterocycles. The Morgan fingerprint density at radius 1 is 1.23 bits per heavy atom. The molecular weight excluding hydrogens is 274 g/mol. The third-order valence-electron chi connectivity index (χ3n) is 4.14. The maximum atomic E-state index is 5.22. The van der Waals surface area contributed by atoms with Gasteiger partial charge in [0.25, 0.3) is 0 Å². The van der Waals surface area contributed by atoms with Crippen molar-refractivity contribution in [1.82, 2.24) is 10.6 Å². The van der Waals surface area contributed by atoms with E-state index in [-0.39, 0.29) is 5.41 Å². The van der Waals surface area contributed by atoms with Gasteiger partial charge >= 0.3 is 0 Å². The summed E-state index contributed by atoms with van der Waals surface area (Å²) in [5.41, 5.74) is 1.29. The van der Waals surface area contributed by atoms with E-state index >= 15 is 0 Å². The van der Waals surface area contributed by atoms with Crippen LogP contribution in [0.1, 0.15) is 32.3 Å². The normalized spacial score (nSPS) is 15.9. The van der Waals surface area contributed by atoms with Crippen LogP contribution in [-0.4, -0.2) is 32.7 Å². The molecule has 0 aromatic heterocycles. The van der Waals surface area contributed by atoms with Gasteiger partial charge in [0.05, 0.1) is 7.11 Å². The lowest BCUT2D eigenvalue weighted by atomic mass is 9.84. The van der Waals surface area contributed by atoms with E-state index in [1.165, 1.54) is 5.56 Å². The highest BCUT2D eigenvalue weighted by Gasteiger charge is 2.21. The molecule has 120 valence electrons. The van der Waals surface area contributed by atoms with Crippen LogP contribution in [0.15, 0.2) is 41.4 Å². The highest BCUT2D eigenvalue weighted by atomic mass is 16.5. The molecule has 1 aromatic carbocycles. The maximum Gasteiger partial charge on any atom is 0.191 e. The van der Waals surface area contributed by atoms with Gasteiger partial charge in [-0.25, -0.2) is 0 Å². The first kappa shape index (κ1) is 16.4. The summed E-state index contributed by atoms with van der Waals surface area (Å²) in [6, 6.07) is 8.73. The minimum atomic E-state index is 0.0117. The molecule has 0 saturated carbocycles. The van der Waals surface area contributed by atoms with Crippen LogP contribution < -0.4 is 15.4 Å². The van der Waals surface area contributed by atoms with E-state index in [0.29, 0.717) is 6.04 Å². The Morgan fingerprint density at radius 3 is 2.41 bits per heavy atom. The van der Waals surface area contributed by atoms with Gasteiger partial charge in [-0.3, -0.25) is 4.99 Å². The van der Waals surface area contributed by atoms with E-state index in [2.05, 4.69) is 53.8 Å². The minimum Gasteiger partial charge on any atom is -0.497 e. The summed E-state index contributed by atoms with van der Waals surface area (Å²) in [5.74, 6) is 1.76. The van der Waals surface area contributed by atoms with Crippen molar-refractivity contribution < 1.29 is 4.74 Å². The molecule has 0 atom stereocenters. The van der Waals surface area contributed by atoms with Gasteiger partial charge in [-0.05, 0) is 30.5 Å². The van der Waals surface area contributed by atoms with Crippen molar-refractivity contribution in [3.63, 3.8) is 0 Å². The Morgan fingerprint density at radius 2 is 1.86 bits per heavy atom. The van der Waals surface area contributed by atoms with Crippen LogP contribution in [0.5, 0.6) is 5.75 Å². The molecule has 0 saturated heterocycles. The lowest BCUT2D eigenvalue weighted by molar-refractivity contribution is 0.414. The monoisotopic (exact) mass is 301 g/mol. The molecule has 1 aromatic rings. The van der Waals surface area contributed by atoms with Crippen molar-refractivity contribution in [3.05, 3.63) is 42.0 Å². The van der Waals surface area contributed by atoms with Crippen LogP contribution in [0.3, 0.4) is 0 Å². The summed E-state index contributed by atoms with van der Waals surface area (Å²) in [6.07, 6.45) is 6.57. The largest absolute Gasteiger partial charge is 0.497 e. The van der Waals surface area contributed by atoms with Gasteiger partial charge in [0.2, 0.25) is 0 Å². The van der Waals surface area contributed by atoms with Gasteiger partial charge in [0.1, 0.15) is 5.75 Å². The van der Waals surface area contributed by atoms with Crippen LogP contribution in [0.4, 0.5) is 0 Å². The van der Waals surface area contributed by atoms with Crippen molar-refractivity contribution in [2.45, 2.75) is 38.1 Å². The van der Waals surface area contributed by atoms with E-state index in [0.717, 1.165) is 31.1 Å². The Hall–Kier alpha value is -1.97. The van der Waals surface area contributed by atoms with Gasteiger partial charge in [-0.1, -0.05) is 38.1 Å². The molecule has 0 spiro atoms. The second-order valence-corrected chi connectivity index (χ2v) is 6.32. The number of hydrogen-bond acceptors (Lipinski definition) is 2. The molecule has 4 nitrogen and oxygen atoms in total. The van der Waals surface area contributed by atoms with Gasteiger partial charge in [0, 0.05) is 25.0 Å². The highest BCUT2D eigenvalue weighted by Crippen LogP contribution is 2.24. The zero-order chi connectivity index (χ0) is 16.0. The number of nitrogens with one attached hydrogen (secondary N) is 2. The summed E-state index contributed by atoms with van der Waals surface area (Å²) in [7, 11) is 3.51. The maximum absolute atomic E-state index is 5.22. The number of benzene rings is 1. The molecule has 0 fully saturated rings. The molecule has 4 heteroatoms. The van der Waals surface area contributed by atoms with Crippen molar-refractivity contribution in [3.8, 4) is 5.75 Å². The molecule has 0 amide bonds. The van der Waals surface area contributed by atoms with E-state index in [1.54, 1.807) is 7.11 Å². The lowest BCUT2D eigenvalue weighted by Gasteiger charge is -2.27. The topological polar surface area (TPSA) is 45.7 Å². The van der Waals surface area contributed by atoms with Gasteiger partial charge < -0.3 is 15.4 Å². The van der Waals surface area contributed by atoms with E-state index in [9.17, 15) is 0 Å². The van der Waals surface area contributed by atoms with Gasteiger partial charge in [-0.2, -0.15) is 0 Å². The smallest absolute Gasteiger partial charge is 0.191 e. The Labute approximate surface area is 133 Å². The molecule has 0 bridgehead atoms. The molecule has 0 aliphatic heterocycles. The van der Waals surface area contributed by atoms with Crippen molar-refractivity contribution in [2.75, 3.05) is 20.7 Å². The molecule has 1 aliphatic carbocycles. The zero-order valence-corrected chi connectivity index (χ0v) is 14.0. The minimum absolute atomic E-state index is 0.0117. The summed E-state index contributed by atoms with van der Waals surface area (Å²) < 4.78 is 5.22. The van der Waals surface area contributed by atoms with Crippen LogP contribution in [-0.2, 0) is 5.41 Å². The Balaban J connectivity index is 1.92. The highest BCUT2D eigenvalue weighted by molar-refractivity contribution is 5.80. The Kier molecular flexibility index (Phi) is 5.47. The first-order valence-corrected chi connectivity index (χ1v) is 7.82. The van der Waals surface area contributed by atoms with Crippen LogP contribution >= 0.6 is 0 Å². The van der Waals surface area contributed by atoms with Crippen molar-refractivity contribution in [2.24, 2.45) is 4.99 Å². The molecule has 0 unspecified atom stereocenters. The molecule has 1 aliphatic rings. The lowest BCUT2D eigenvalue weighted by Crippen LogP contribution is -2.46. The average Bonchev–Trinajstić information content (AvgIpc) is 3.04. The van der Waals surface area contributed by atoms with Crippen LogP contribution in [0, 0.1) is 0 Å². The molecular formula is C18H27N3O. The summed E-state index contributed by atoms with van der Waals surface area (Å²) in [6.45, 7) is 5.28. The first-order chi connectivity index (χ1) is 10.5. The third-order valence-corrected chi connectivity index (χ3v) is 4.14. The number of methoxy groups -OCH3 is 1. The fourth-order valence-electron chi connectivity index (χ4n) is 2.57. The third kappa shape index (κ3) is 4.26. The molecule has 2 N–H and O–H groups in total. The second kappa shape index (κ2) is 7.34. The summed E-state index contributed by atoms with van der Waals surface area (Å²) in [5, 5.41) is 6.91. The molecule has 2 rings (SSSR count). The predicted molar refractivity (Wildman–Crippen MR) is 92.7 cm³/mol. The first-order valence-electron chi connectivity index (χ1n) is 7.82. The quantitative estimate of drug-likeness (QED) is 0.499. The number of ether oxygens (including phenoxy) is 1. The molecule has 22 heavy (non-hydrogen) atoms. The van der Waals surface area contributed by atoms with Gasteiger partial charge in [-0.15, -0.1) is 0 Å². The number of aliphatic imine (C=N–C) groups is 1. The number of rotatable bonds is 5. The number of guanidine groups is 1. The van der Waals surface area contributed by atoms with Crippen LogP contribution in [0.2, 0.25) is 0 Å². The van der Waals surface area contributed by atoms with E-state index in [1.807, 2.05) is 19.2 Å². The van der Waals surface area contributed by atoms with Gasteiger partial charge in [0.15, 0.2) is 5.96 Å². The predicted octanol–water partition coefficient (Wildman–Crippen LogP) is 2.86. The fraction of sp³-hybridized carbons (Fsp3) is 0.500. The van der Waals surface area contributed by atoms with E-state index < -0.39 is 0 Å².